The molecule has 1 saturated heterocycles. The van der Waals surface area contributed by atoms with Gasteiger partial charge in [-0.15, -0.1) is 0 Å². The van der Waals surface area contributed by atoms with Gasteiger partial charge in [0.05, 0.1) is 5.92 Å². The SMILES string of the molecule is CC(C)(C)C1C(=O)c2c(cccc2OS(=O)(=O)C(F)(F)F)OC12CCN(C(=O)O)CC2. The van der Waals surface area contributed by atoms with Crippen molar-refractivity contribution in [2.45, 2.75) is 44.7 Å². The van der Waals surface area contributed by atoms with Crippen molar-refractivity contribution in [3.05, 3.63) is 23.8 Å². The highest BCUT2D eigenvalue weighted by Gasteiger charge is 2.57. The Balaban J connectivity index is 2.08. The van der Waals surface area contributed by atoms with Crippen LogP contribution in [0, 0.1) is 11.3 Å². The monoisotopic (exact) mass is 465 g/mol. The van der Waals surface area contributed by atoms with E-state index in [-0.39, 0.29) is 37.2 Å². The molecule has 1 spiro atoms. The molecule has 2 aliphatic rings. The van der Waals surface area contributed by atoms with Crippen molar-refractivity contribution in [1.82, 2.24) is 4.90 Å². The summed E-state index contributed by atoms with van der Waals surface area (Å²) in [6.45, 7) is 5.49. The third-order valence-corrected chi connectivity index (χ3v) is 6.53. The van der Waals surface area contributed by atoms with Crippen LogP contribution in [0.3, 0.4) is 0 Å². The molecule has 8 nitrogen and oxygen atoms in total. The number of carbonyl (C=O) groups excluding carboxylic acids is 1. The van der Waals surface area contributed by atoms with Crippen molar-refractivity contribution in [2.75, 3.05) is 13.1 Å². The predicted molar refractivity (Wildman–Crippen MR) is 102 cm³/mol. The van der Waals surface area contributed by atoms with Gasteiger partial charge in [0.15, 0.2) is 11.5 Å². The van der Waals surface area contributed by atoms with Crippen LogP contribution in [0.1, 0.15) is 44.0 Å². The Hall–Kier alpha value is -2.50. The lowest BCUT2D eigenvalue weighted by molar-refractivity contribution is -0.0700. The van der Waals surface area contributed by atoms with Gasteiger partial charge in [-0.2, -0.15) is 21.6 Å². The van der Waals surface area contributed by atoms with Gasteiger partial charge in [-0.05, 0) is 17.5 Å². The second-order valence-corrected chi connectivity index (χ2v) is 10.3. The molecule has 1 fully saturated rings. The summed E-state index contributed by atoms with van der Waals surface area (Å²) in [6, 6.07) is 3.55. The van der Waals surface area contributed by atoms with Crippen molar-refractivity contribution < 1.29 is 45.2 Å². The first-order valence-electron chi connectivity index (χ1n) is 9.44. The molecular weight excluding hydrogens is 443 g/mol. The molecule has 0 saturated carbocycles. The Bertz CT molecular complexity index is 1010. The quantitative estimate of drug-likeness (QED) is 0.524. The molecule has 0 radical (unpaired) electrons. The number of piperidine rings is 1. The fourth-order valence-corrected chi connectivity index (χ4v) is 4.85. The highest BCUT2D eigenvalue weighted by molar-refractivity contribution is 7.88. The van der Waals surface area contributed by atoms with E-state index >= 15 is 0 Å². The molecule has 0 aromatic heterocycles. The van der Waals surface area contributed by atoms with Crippen LogP contribution >= 0.6 is 0 Å². The predicted octanol–water partition coefficient (Wildman–Crippen LogP) is 3.67. The topological polar surface area (TPSA) is 110 Å². The van der Waals surface area contributed by atoms with Gasteiger partial charge in [0.2, 0.25) is 0 Å². The van der Waals surface area contributed by atoms with E-state index in [0.29, 0.717) is 0 Å². The van der Waals surface area contributed by atoms with Crippen molar-refractivity contribution >= 4 is 22.0 Å². The molecule has 172 valence electrons. The van der Waals surface area contributed by atoms with Gasteiger partial charge in [0.25, 0.3) is 0 Å². The van der Waals surface area contributed by atoms with E-state index < -0.39 is 50.2 Å². The number of ether oxygens (including phenoxy) is 1. The molecule has 31 heavy (non-hydrogen) atoms. The highest BCUT2D eigenvalue weighted by Crippen LogP contribution is 2.51. The third kappa shape index (κ3) is 4.04. The van der Waals surface area contributed by atoms with E-state index in [1.54, 1.807) is 20.8 Å². The van der Waals surface area contributed by atoms with E-state index in [4.69, 9.17) is 4.74 Å². The average molecular weight is 465 g/mol. The second kappa shape index (κ2) is 7.28. The number of ketones is 1. The fourth-order valence-electron chi connectivity index (χ4n) is 4.38. The lowest BCUT2D eigenvalue weighted by atomic mass is 9.62. The van der Waals surface area contributed by atoms with Crippen molar-refractivity contribution in [3.63, 3.8) is 0 Å². The zero-order valence-corrected chi connectivity index (χ0v) is 17.8. The third-order valence-electron chi connectivity index (χ3n) is 5.57. The molecule has 1 N–H and O–H groups in total. The Kier molecular flexibility index (Phi) is 5.44. The van der Waals surface area contributed by atoms with Gasteiger partial charge >= 0.3 is 21.7 Å². The molecule has 0 aliphatic carbocycles. The van der Waals surface area contributed by atoms with Crippen molar-refractivity contribution in [2.24, 2.45) is 11.3 Å². The van der Waals surface area contributed by atoms with Gasteiger partial charge in [-0.3, -0.25) is 4.79 Å². The first-order chi connectivity index (χ1) is 14.1. The molecule has 1 unspecified atom stereocenters. The number of halogens is 3. The molecule has 1 aromatic carbocycles. The number of carbonyl (C=O) groups is 2. The molecule has 3 rings (SSSR count). The number of nitrogens with zero attached hydrogens (tertiary/aromatic N) is 1. The Morgan fingerprint density at radius 2 is 1.81 bits per heavy atom. The van der Waals surface area contributed by atoms with Crippen LogP contribution in [0.5, 0.6) is 11.5 Å². The first-order valence-corrected chi connectivity index (χ1v) is 10.8. The largest absolute Gasteiger partial charge is 0.534 e. The smallest absolute Gasteiger partial charge is 0.485 e. The standard InChI is InChI=1S/C19H22F3NO7S/c1-17(2,3)15-14(24)13-11(29-18(15)7-9-23(10-8-18)16(25)26)5-4-6-12(13)30-31(27,28)19(20,21)22/h4-6,15H,7-10H2,1-3H3,(H,25,26). The normalized spacial score (nSPS) is 21.4. The van der Waals surface area contributed by atoms with Crippen LogP contribution in [-0.2, 0) is 10.1 Å². The molecule has 12 heteroatoms. The minimum absolute atomic E-state index is 0.0934. The fraction of sp³-hybridized carbons (Fsp3) is 0.579. The van der Waals surface area contributed by atoms with Crippen LogP contribution in [0.4, 0.5) is 18.0 Å². The van der Waals surface area contributed by atoms with Crippen LogP contribution in [-0.4, -0.2) is 54.5 Å². The summed E-state index contributed by atoms with van der Waals surface area (Å²) in [7, 11) is -5.99. The van der Waals surface area contributed by atoms with Crippen LogP contribution < -0.4 is 8.92 Å². The number of fused-ring (bicyclic) bond motifs is 1. The zero-order valence-electron chi connectivity index (χ0n) is 17.0. The Morgan fingerprint density at radius 3 is 2.29 bits per heavy atom. The van der Waals surface area contributed by atoms with Crippen LogP contribution in [0.25, 0.3) is 0 Å². The van der Waals surface area contributed by atoms with Gasteiger partial charge < -0.3 is 18.9 Å². The summed E-state index contributed by atoms with van der Waals surface area (Å²) in [5.41, 5.74) is -7.85. The van der Waals surface area contributed by atoms with E-state index in [2.05, 4.69) is 4.18 Å². The number of alkyl halides is 3. The number of likely N-dealkylation sites (tertiary alicyclic amines) is 1. The number of benzene rings is 1. The van der Waals surface area contributed by atoms with E-state index in [1.807, 2.05) is 0 Å². The average Bonchev–Trinajstić information content (AvgIpc) is 2.59. The lowest BCUT2D eigenvalue weighted by Crippen LogP contribution is -2.60. The van der Waals surface area contributed by atoms with Crippen molar-refractivity contribution in [1.29, 1.82) is 0 Å². The molecule has 1 atom stereocenters. The number of amides is 1. The first kappa shape index (κ1) is 23.2. The molecule has 1 aromatic rings. The van der Waals surface area contributed by atoms with E-state index in [0.717, 1.165) is 6.07 Å². The van der Waals surface area contributed by atoms with Crippen LogP contribution in [0.2, 0.25) is 0 Å². The molecule has 1 amide bonds. The number of hydrogen-bond donors (Lipinski definition) is 1. The van der Waals surface area contributed by atoms with Gasteiger partial charge in [0, 0.05) is 25.9 Å². The maximum Gasteiger partial charge on any atom is 0.534 e. The summed E-state index contributed by atoms with van der Waals surface area (Å²) >= 11 is 0. The maximum atomic E-state index is 13.5. The maximum absolute atomic E-state index is 13.5. The van der Waals surface area contributed by atoms with E-state index in [9.17, 15) is 36.3 Å². The Morgan fingerprint density at radius 1 is 1.23 bits per heavy atom. The number of Topliss-reactive ketones (excluding diaryl/α,β-unsaturated/α-hetero) is 1. The van der Waals surface area contributed by atoms with Gasteiger partial charge in [-0.1, -0.05) is 26.8 Å². The van der Waals surface area contributed by atoms with Gasteiger partial charge in [-0.25, -0.2) is 4.79 Å². The number of hydrogen-bond acceptors (Lipinski definition) is 6. The van der Waals surface area contributed by atoms with Crippen LogP contribution in [0.15, 0.2) is 18.2 Å². The molecule has 2 aliphatic heterocycles. The summed E-state index contributed by atoms with van der Waals surface area (Å²) < 4.78 is 71.9. The Labute approximate surface area is 177 Å². The van der Waals surface area contributed by atoms with Crippen molar-refractivity contribution in [3.8, 4) is 11.5 Å². The summed E-state index contributed by atoms with van der Waals surface area (Å²) in [6.07, 6.45) is -0.714. The molecule has 0 bridgehead atoms. The summed E-state index contributed by atoms with van der Waals surface area (Å²) in [5.74, 6) is -2.33. The second-order valence-electron chi connectivity index (χ2n) is 8.71. The minimum Gasteiger partial charge on any atom is -0.485 e. The summed E-state index contributed by atoms with van der Waals surface area (Å²) in [5, 5.41) is 9.22. The lowest BCUT2D eigenvalue weighted by Gasteiger charge is -2.52. The minimum atomic E-state index is -5.99. The summed E-state index contributed by atoms with van der Waals surface area (Å²) in [4.78, 5) is 26.0. The number of carboxylic acid groups (broad SMARTS) is 1. The van der Waals surface area contributed by atoms with Gasteiger partial charge in [0.1, 0.15) is 16.9 Å². The zero-order chi connectivity index (χ0) is 23.4. The number of rotatable bonds is 2. The molecular formula is C19H22F3NO7S. The van der Waals surface area contributed by atoms with E-state index in [1.165, 1.54) is 17.0 Å². The highest BCUT2D eigenvalue weighted by atomic mass is 32.2. The molecule has 2 heterocycles.